The summed E-state index contributed by atoms with van der Waals surface area (Å²) >= 11 is 4.57. The molecular formula is C29H33BrF2N8OS. The average Bonchev–Trinajstić information content (AvgIpc) is 3.58. The molecule has 1 atom stereocenters. The molecule has 2 aliphatic heterocycles. The third kappa shape index (κ3) is 4.93. The fourth-order valence-corrected chi connectivity index (χ4v) is 7.49. The van der Waals surface area contributed by atoms with E-state index in [0.29, 0.717) is 6.54 Å². The fourth-order valence-electron chi connectivity index (χ4n) is 6.17. The van der Waals surface area contributed by atoms with Gasteiger partial charge in [-0.2, -0.15) is 0 Å². The number of nitrogens with two attached hydrogens (primary N) is 1. The molecule has 1 amide bonds. The number of aryl methyl sites for hydroxylation is 2. The molecule has 5 heterocycles. The van der Waals surface area contributed by atoms with Crippen molar-refractivity contribution >= 4 is 54.9 Å². The van der Waals surface area contributed by atoms with Crippen LogP contribution in [0.15, 0.2) is 23.1 Å². The van der Waals surface area contributed by atoms with Gasteiger partial charge in [-0.1, -0.05) is 5.21 Å². The van der Waals surface area contributed by atoms with Gasteiger partial charge in [-0.15, -0.1) is 16.4 Å². The predicted octanol–water partition coefficient (Wildman–Crippen LogP) is 6.05. The van der Waals surface area contributed by atoms with E-state index in [-0.39, 0.29) is 44.8 Å². The average molecular weight is 660 g/mol. The molecule has 2 fully saturated rings. The summed E-state index contributed by atoms with van der Waals surface area (Å²) in [6.45, 7) is 10.4. The van der Waals surface area contributed by atoms with Gasteiger partial charge in [-0.05, 0) is 80.9 Å². The van der Waals surface area contributed by atoms with Crippen LogP contribution in [0.3, 0.4) is 0 Å². The molecule has 42 heavy (non-hydrogen) atoms. The van der Waals surface area contributed by atoms with Gasteiger partial charge < -0.3 is 15.5 Å². The van der Waals surface area contributed by atoms with Crippen molar-refractivity contribution in [2.24, 2.45) is 5.92 Å². The summed E-state index contributed by atoms with van der Waals surface area (Å²) in [4.78, 5) is 29.6. The van der Waals surface area contributed by atoms with E-state index in [4.69, 9.17) is 5.73 Å². The van der Waals surface area contributed by atoms with Gasteiger partial charge in [0.25, 0.3) is 0 Å². The molecule has 2 N–H and O–H groups in total. The number of halogens is 3. The number of anilines is 2. The van der Waals surface area contributed by atoms with Crippen LogP contribution in [0.5, 0.6) is 0 Å². The largest absolute Gasteiger partial charge is 0.396 e. The van der Waals surface area contributed by atoms with Crippen molar-refractivity contribution < 1.29 is 13.6 Å². The number of thiophene rings is 1. The third-order valence-electron chi connectivity index (χ3n) is 8.93. The van der Waals surface area contributed by atoms with Crippen LogP contribution in [-0.4, -0.2) is 60.9 Å². The maximum atomic E-state index is 14.4. The Morgan fingerprint density at radius 2 is 1.90 bits per heavy atom. The number of aromatic nitrogens is 5. The topological polar surface area (TPSA) is 106 Å². The lowest BCUT2D eigenvalue weighted by Gasteiger charge is -2.47. The molecule has 222 valence electrons. The molecule has 1 unspecified atom stereocenters. The number of carbonyl (C=O) groups is 1. The first-order valence-electron chi connectivity index (χ1n) is 14.1. The molecule has 0 aliphatic carbocycles. The second-order valence-electron chi connectivity index (χ2n) is 11.9. The molecule has 4 aromatic rings. The van der Waals surface area contributed by atoms with E-state index in [0.717, 1.165) is 60.9 Å². The van der Waals surface area contributed by atoms with Crippen molar-refractivity contribution in [3.8, 4) is 11.3 Å². The van der Waals surface area contributed by atoms with Crippen molar-refractivity contribution in [1.82, 2.24) is 29.9 Å². The van der Waals surface area contributed by atoms with E-state index in [1.807, 2.05) is 4.90 Å². The predicted molar refractivity (Wildman–Crippen MR) is 163 cm³/mol. The van der Waals surface area contributed by atoms with Gasteiger partial charge in [0.15, 0.2) is 5.82 Å². The number of carbonyl (C=O) groups excluding carboxylic acids is 1. The Hall–Kier alpha value is -3.19. The molecule has 0 spiro atoms. The van der Waals surface area contributed by atoms with Crippen LogP contribution < -0.4 is 10.6 Å². The number of likely N-dealkylation sites (tertiary alicyclic amines) is 1. The Morgan fingerprint density at radius 1 is 1.17 bits per heavy atom. The van der Waals surface area contributed by atoms with Crippen molar-refractivity contribution in [2.75, 3.05) is 30.3 Å². The lowest BCUT2D eigenvalue weighted by molar-refractivity contribution is -0.145. The van der Waals surface area contributed by atoms with E-state index < -0.39 is 11.6 Å². The van der Waals surface area contributed by atoms with Gasteiger partial charge >= 0.3 is 0 Å². The molecule has 0 saturated carbocycles. The van der Waals surface area contributed by atoms with Gasteiger partial charge in [0.05, 0.1) is 27.8 Å². The molecule has 2 aliphatic rings. The van der Waals surface area contributed by atoms with Crippen LogP contribution in [0, 0.1) is 31.4 Å². The Bertz CT molecular complexity index is 1680. The number of fused-ring (bicyclic) bond motifs is 1. The first-order chi connectivity index (χ1) is 20.0. The van der Waals surface area contributed by atoms with E-state index in [2.05, 4.69) is 68.8 Å². The number of benzene rings is 1. The zero-order valence-corrected chi connectivity index (χ0v) is 26.4. The van der Waals surface area contributed by atoms with Gasteiger partial charge in [0, 0.05) is 41.5 Å². The summed E-state index contributed by atoms with van der Waals surface area (Å²) in [6, 6.07) is 1.03. The van der Waals surface area contributed by atoms with Crippen LogP contribution >= 0.6 is 27.3 Å². The van der Waals surface area contributed by atoms with Gasteiger partial charge in [0.1, 0.15) is 28.5 Å². The van der Waals surface area contributed by atoms with Crippen LogP contribution in [0.1, 0.15) is 56.0 Å². The summed E-state index contributed by atoms with van der Waals surface area (Å²) in [5, 5.41) is 9.55. The minimum atomic E-state index is -0.869. The Balaban J connectivity index is 1.17. The van der Waals surface area contributed by atoms with Gasteiger partial charge in [-0.3, -0.25) is 4.79 Å². The molecule has 6 rings (SSSR count). The first-order valence-corrected chi connectivity index (χ1v) is 15.7. The number of hydrogen-bond acceptors (Lipinski definition) is 8. The number of hydrogen-bond donors (Lipinski definition) is 1. The number of piperidine rings is 2. The van der Waals surface area contributed by atoms with Crippen LogP contribution in [0.4, 0.5) is 20.3 Å². The van der Waals surface area contributed by atoms with Crippen molar-refractivity contribution in [3.63, 3.8) is 0 Å². The van der Waals surface area contributed by atoms with E-state index in [1.165, 1.54) is 10.4 Å². The van der Waals surface area contributed by atoms with Crippen LogP contribution in [-0.2, 0) is 4.79 Å². The van der Waals surface area contributed by atoms with Gasteiger partial charge in [0.2, 0.25) is 5.91 Å². The van der Waals surface area contributed by atoms with E-state index >= 15 is 0 Å². The third-order valence-corrected chi connectivity index (χ3v) is 10.8. The monoisotopic (exact) mass is 658 g/mol. The summed E-state index contributed by atoms with van der Waals surface area (Å²) < 4.78 is 30.0. The maximum absolute atomic E-state index is 14.4. The highest BCUT2D eigenvalue weighted by Gasteiger charge is 2.41. The Morgan fingerprint density at radius 3 is 2.64 bits per heavy atom. The minimum Gasteiger partial charge on any atom is -0.396 e. The van der Waals surface area contributed by atoms with Crippen LogP contribution in [0.25, 0.3) is 21.5 Å². The highest BCUT2D eigenvalue weighted by atomic mass is 79.9. The second kappa shape index (κ2) is 10.8. The first kappa shape index (κ1) is 28.9. The van der Waals surface area contributed by atoms with Crippen LogP contribution in [0.2, 0.25) is 0 Å². The molecule has 0 bridgehead atoms. The summed E-state index contributed by atoms with van der Waals surface area (Å²) in [7, 11) is 0. The molecule has 2 saturated heterocycles. The Labute approximate surface area is 255 Å². The normalized spacial score (nSPS) is 19.5. The lowest BCUT2D eigenvalue weighted by atomic mass is 9.85. The second-order valence-corrected chi connectivity index (χ2v) is 13.9. The quantitative estimate of drug-likeness (QED) is 0.210. The molecule has 1 aromatic carbocycles. The molecule has 3 aromatic heterocycles. The standard InChI is InChI=1S/C29H33BrF2N8OS/c1-15-16(2)42-27-22(15)26(34-14-35-27)38-9-6-17(7-10-38)28(41)39-12-18(5-8-29(39,3)4)40-13-21(36-37-40)19-11-20(31)23(30)24(32)25(19)33/h11,13-14,17-18H,5-10,12,33H2,1-4H3. The summed E-state index contributed by atoms with van der Waals surface area (Å²) in [6.07, 6.45) is 6.36. The fraction of sp³-hybridized carbons (Fsp3) is 0.483. The number of amides is 1. The summed E-state index contributed by atoms with van der Waals surface area (Å²) in [5.74, 6) is -0.605. The molecule has 0 radical (unpaired) electrons. The van der Waals surface area contributed by atoms with Crippen molar-refractivity contribution in [3.05, 3.63) is 45.1 Å². The highest BCUT2D eigenvalue weighted by Crippen LogP contribution is 2.39. The van der Waals surface area contributed by atoms with Gasteiger partial charge in [-0.25, -0.2) is 23.4 Å². The molecule has 13 heteroatoms. The number of nitrogen functional groups attached to an aromatic ring is 1. The molecule has 9 nitrogen and oxygen atoms in total. The smallest absolute Gasteiger partial charge is 0.226 e. The lowest BCUT2D eigenvalue weighted by Crippen LogP contribution is -2.56. The zero-order valence-electron chi connectivity index (χ0n) is 24.0. The highest BCUT2D eigenvalue weighted by molar-refractivity contribution is 9.10. The minimum absolute atomic E-state index is 0.0817. The van der Waals surface area contributed by atoms with E-state index in [1.54, 1.807) is 28.5 Å². The van der Waals surface area contributed by atoms with Crippen molar-refractivity contribution in [2.45, 2.75) is 65.0 Å². The molecular weight excluding hydrogens is 626 g/mol. The SMILES string of the molecule is Cc1sc2ncnc(N3CCC(C(=O)N4CC(n5cc(-c6cc(F)c(Br)c(F)c6N)nn5)CCC4(C)C)CC3)c2c1C. The Kier molecular flexibility index (Phi) is 7.45. The zero-order chi connectivity index (χ0) is 29.9. The number of nitrogens with zero attached hydrogens (tertiary/aromatic N) is 7. The summed E-state index contributed by atoms with van der Waals surface area (Å²) in [5.41, 5.74) is 7.06. The van der Waals surface area contributed by atoms with Crippen molar-refractivity contribution in [1.29, 1.82) is 0 Å². The number of rotatable bonds is 4. The van der Waals surface area contributed by atoms with E-state index in [9.17, 15) is 13.6 Å². The maximum Gasteiger partial charge on any atom is 0.226 e.